The number of halogens is 1. The molecule has 1 amide bonds. The van der Waals surface area contributed by atoms with Crippen molar-refractivity contribution < 1.29 is 9.53 Å². The fraction of sp³-hybridized carbons (Fsp3) is 0.667. The molecule has 0 spiro atoms. The standard InChI is InChI=1S/C15H26INO2.H9P7/c1-7-8-11(2)13(12(3)9-10-16)17-14(18)19-15(4,5)6;1-5-7(4)6(2)3/h8-10,12-13H,7H2,1-6H3,(H,17,18);5H,1-4H2/b10-9+,11-8+;/t12-,13+;/m0./s1. The Labute approximate surface area is 187 Å². The molecular weight excluding hydrogens is 570 g/mol. The third-order valence-electron chi connectivity index (χ3n) is 2.97. The van der Waals surface area contributed by atoms with Crippen LogP contribution in [0.3, 0.4) is 0 Å². The Morgan fingerprint density at radius 3 is 2.19 bits per heavy atom. The number of rotatable bonds is 7. The van der Waals surface area contributed by atoms with Crippen molar-refractivity contribution in [2.24, 2.45) is 5.92 Å². The lowest BCUT2D eigenvalue weighted by Crippen LogP contribution is -2.42. The van der Waals surface area contributed by atoms with Gasteiger partial charge in [-0.15, -0.1) is 35.7 Å². The quantitative estimate of drug-likeness (QED) is 0.180. The van der Waals surface area contributed by atoms with Crippen molar-refractivity contribution in [2.45, 2.75) is 59.6 Å². The molecule has 0 aromatic rings. The van der Waals surface area contributed by atoms with Crippen molar-refractivity contribution >= 4 is 86.3 Å². The summed E-state index contributed by atoms with van der Waals surface area (Å²) in [6, 6.07) is -0.0270. The summed E-state index contributed by atoms with van der Waals surface area (Å²) in [5.74, 6) is 0.229. The highest BCUT2D eigenvalue weighted by Crippen LogP contribution is 2.92. The van der Waals surface area contributed by atoms with E-state index >= 15 is 0 Å². The molecule has 0 aliphatic heterocycles. The number of carbonyl (C=O) groups is 1. The van der Waals surface area contributed by atoms with Crippen LogP contribution in [0.15, 0.2) is 21.8 Å². The van der Waals surface area contributed by atoms with Crippen molar-refractivity contribution in [3.63, 3.8) is 0 Å². The van der Waals surface area contributed by atoms with E-state index in [1.54, 1.807) is 0 Å². The molecule has 154 valence electrons. The molecule has 3 nitrogen and oxygen atoms in total. The van der Waals surface area contributed by atoms with Crippen LogP contribution in [-0.4, -0.2) is 17.7 Å². The molecule has 1 N–H and O–H groups in total. The van der Waals surface area contributed by atoms with Gasteiger partial charge in [-0.25, -0.2) is 4.79 Å². The zero-order valence-corrected chi connectivity index (χ0v) is 26.1. The van der Waals surface area contributed by atoms with Gasteiger partial charge in [-0.1, -0.05) is 62.1 Å². The maximum Gasteiger partial charge on any atom is 0.408 e. The molecule has 0 radical (unpaired) electrons. The molecule has 26 heavy (non-hydrogen) atoms. The van der Waals surface area contributed by atoms with E-state index in [1.165, 1.54) is 0 Å². The second-order valence-corrected chi connectivity index (χ2v) is 29.4. The zero-order chi connectivity index (χ0) is 20.9. The zero-order valence-electron chi connectivity index (χ0n) is 16.5. The highest BCUT2D eigenvalue weighted by atomic mass is 127. The van der Waals surface area contributed by atoms with Crippen molar-refractivity contribution in [1.29, 1.82) is 0 Å². The number of nitrogens with one attached hydrogen (secondary N) is 1. The molecule has 0 heterocycles. The van der Waals surface area contributed by atoms with Gasteiger partial charge in [0, 0.05) is 0 Å². The van der Waals surface area contributed by atoms with Gasteiger partial charge in [-0.2, -0.15) is 0 Å². The van der Waals surface area contributed by atoms with Crippen LogP contribution in [0.25, 0.3) is 0 Å². The molecule has 8 atom stereocenters. The molecule has 6 unspecified atom stereocenters. The summed E-state index contributed by atoms with van der Waals surface area (Å²) in [5.41, 5.74) is 0.690. The monoisotopic (exact) mass is 605 g/mol. The molecule has 0 saturated carbocycles. The van der Waals surface area contributed by atoms with Crippen molar-refractivity contribution in [2.75, 3.05) is 0 Å². The van der Waals surface area contributed by atoms with Gasteiger partial charge in [0.2, 0.25) is 0 Å². The van der Waals surface area contributed by atoms with Crippen LogP contribution >= 0.6 is 80.2 Å². The minimum absolute atomic E-state index is 0.0270. The van der Waals surface area contributed by atoms with Crippen molar-refractivity contribution in [3.05, 3.63) is 21.8 Å². The smallest absolute Gasteiger partial charge is 0.408 e. The van der Waals surface area contributed by atoms with Gasteiger partial charge < -0.3 is 10.1 Å². The highest BCUT2D eigenvalue weighted by Gasteiger charge is 2.23. The third kappa shape index (κ3) is 17.4. The van der Waals surface area contributed by atoms with Crippen LogP contribution in [0.1, 0.15) is 48.0 Å². The first-order valence-electron chi connectivity index (χ1n) is 8.13. The first-order valence-corrected chi connectivity index (χ1v) is 21.3. The van der Waals surface area contributed by atoms with Crippen LogP contribution in [0.2, 0.25) is 0 Å². The topological polar surface area (TPSA) is 38.3 Å². The van der Waals surface area contributed by atoms with Gasteiger partial charge in [0.1, 0.15) is 5.60 Å². The fourth-order valence-electron chi connectivity index (χ4n) is 1.84. The number of allylic oxidation sites excluding steroid dienone is 1. The van der Waals surface area contributed by atoms with E-state index in [1.807, 2.05) is 31.8 Å². The Kier molecular flexibility index (Phi) is 20.3. The minimum Gasteiger partial charge on any atom is -0.444 e. The van der Waals surface area contributed by atoms with E-state index in [0.717, 1.165) is 20.0 Å². The minimum atomic E-state index is -0.473. The summed E-state index contributed by atoms with van der Waals surface area (Å²) in [4.78, 5) is 11.9. The van der Waals surface area contributed by atoms with Crippen molar-refractivity contribution in [1.82, 2.24) is 5.32 Å². The second kappa shape index (κ2) is 17.2. The van der Waals surface area contributed by atoms with E-state index in [9.17, 15) is 4.79 Å². The van der Waals surface area contributed by atoms with Gasteiger partial charge in [0.25, 0.3) is 0 Å². The summed E-state index contributed by atoms with van der Waals surface area (Å²) in [5, 5.41) is 2.96. The predicted molar refractivity (Wildman–Crippen MR) is 151 cm³/mol. The van der Waals surface area contributed by atoms with Gasteiger partial charge in [0.05, 0.1) is 6.04 Å². The van der Waals surface area contributed by atoms with Crippen molar-refractivity contribution in [3.8, 4) is 0 Å². The summed E-state index contributed by atoms with van der Waals surface area (Å²) < 4.78 is 7.30. The number of ether oxygens (including phenoxy) is 1. The lowest BCUT2D eigenvalue weighted by atomic mass is 9.95. The van der Waals surface area contributed by atoms with Gasteiger partial charge in [0.15, 0.2) is 0 Å². The van der Waals surface area contributed by atoms with E-state index in [2.05, 4.69) is 89.6 Å². The number of carbonyl (C=O) groups excluding carboxylic acids is 1. The predicted octanol–water partition coefficient (Wildman–Crippen LogP) is 8.44. The third-order valence-corrected chi connectivity index (χ3v) is 33.9. The van der Waals surface area contributed by atoms with Gasteiger partial charge in [-0.05, 0) is 58.1 Å². The number of alkyl carbamates (subject to hydrolysis) is 1. The van der Waals surface area contributed by atoms with Crippen LogP contribution in [0.4, 0.5) is 4.79 Å². The average Bonchev–Trinajstić information content (AvgIpc) is 2.50. The number of hydrogen-bond donors (Lipinski definition) is 1. The fourth-order valence-corrected chi connectivity index (χ4v) is 18.6. The van der Waals surface area contributed by atoms with Gasteiger partial charge >= 0.3 is 6.09 Å². The maximum absolute atomic E-state index is 11.9. The average molecular weight is 605 g/mol. The van der Waals surface area contributed by atoms with Crippen LogP contribution < -0.4 is 5.32 Å². The lowest BCUT2D eigenvalue weighted by Gasteiger charge is -2.27. The van der Waals surface area contributed by atoms with E-state index in [0.29, 0.717) is 0 Å². The van der Waals surface area contributed by atoms with Crippen LogP contribution in [0.5, 0.6) is 0 Å². The van der Waals surface area contributed by atoms with Crippen LogP contribution in [-0.2, 0) is 4.74 Å². The second-order valence-electron chi connectivity index (χ2n) is 6.51. The first kappa shape index (κ1) is 30.7. The molecule has 0 aliphatic rings. The maximum atomic E-state index is 11.9. The molecule has 0 aromatic carbocycles. The summed E-state index contributed by atoms with van der Waals surface area (Å²) >= 11 is 2.19. The molecule has 0 aliphatic carbocycles. The molecule has 0 rings (SSSR count). The normalized spacial score (nSPS) is 16.4. The van der Waals surface area contributed by atoms with E-state index < -0.39 is 5.60 Å². The SMILES string of the molecule is CC/C=C(\C)[C@@H](NC(=O)OC(C)(C)C)[C@@H](C)/C=C/I.PPP(P)P(P)P. The number of hydrogen-bond acceptors (Lipinski definition) is 2. The Bertz CT molecular complexity index is 456. The highest BCUT2D eigenvalue weighted by molar-refractivity contribution is 14.1. The summed E-state index contributed by atoms with van der Waals surface area (Å²) in [7, 11) is 12.4. The molecule has 0 saturated heterocycles. The Morgan fingerprint density at radius 1 is 1.35 bits per heavy atom. The van der Waals surface area contributed by atoms with E-state index in [-0.39, 0.29) is 32.0 Å². The first-order chi connectivity index (χ1) is 11.9. The van der Waals surface area contributed by atoms with Gasteiger partial charge in [-0.3, -0.25) is 0 Å². The summed E-state index contributed by atoms with van der Waals surface area (Å²) in [6.45, 7) is 12.3. The lowest BCUT2D eigenvalue weighted by molar-refractivity contribution is 0.0504. The number of amides is 1. The Morgan fingerprint density at radius 2 is 1.88 bits per heavy atom. The Balaban J connectivity index is 0. The van der Waals surface area contributed by atoms with Crippen LogP contribution in [0, 0.1) is 5.92 Å². The molecular formula is C15H35INO2P7. The Hall–Kier alpha value is 2.49. The molecule has 11 heteroatoms. The largest absolute Gasteiger partial charge is 0.444 e. The molecule has 0 bridgehead atoms. The van der Waals surface area contributed by atoms with E-state index in [4.69, 9.17) is 4.74 Å². The molecule has 0 fully saturated rings. The molecule has 0 aromatic heterocycles. The summed E-state index contributed by atoms with van der Waals surface area (Å²) in [6.07, 6.45) is 4.81.